The third-order valence-corrected chi connectivity index (χ3v) is 4.11. The Labute approximate surface area is 144 Å². The third-order valence-electron chi connectivity index (χ3n) is 4.11. The Bertz CT molecular complexity index is 968. The molecule has 1 heterocycles. The number of para-hydroxylation sites is 2. The molecule has 124 valence electrons. The number of carbonyl (C=O) groups excluding carboxylic acids is 2. The first-order chi connectivity index (χ1) is 12.2. The van der Waals surface area contributed by atoms with Crippen molar-refractivity contribution in [1.82, 2.24) is 0 Å². The molecule has 0 spiro atoms. The summed E-state index contributed by atoms with van der Waals surface area (Å²) in [6, 6.07) is 20.8. The van der Waals surface area contributed by atoms with Gasteiger partial charge in [0.05, 0.1) is 12.1 Å². The van der Waals surface area contributed by atoms with Crippen LogP contribution in [0.25, 0.3) is 10.8 Å². The molecule has 0 bridgehead atoms. The van der Waals surface area contributed by atoms with Gasteiger partial charge in [0.1, 0.15) is 5.75 Å². The second-order valence-electron chi connectivity index (χ2n) is 5.91. The Balaban J connectivity index is 1.45. The molecule has 5 nitrogen and oxygen atoms in total. The number of nitrogens with one attached hydrogen (secondary N) is 2. The standard InChI is InChI=1S/C20H16N2O3/c23-19(21-15-10-9-13-5-1-2-6-14(13)11-15)12-18-20(24)22-16-7-3-4-8-17(16)25-18/h1-11,18H,12H2,(H,21,23)(H,22,24)/t18-/m0/s1. The zero-order valence-corrected chi connectivity index (χ0v) is 13.4. The first-order valence-electron chi connectivity index (χ1n) is 8.04. The van der Waals surface area contributed by atoms with Crippen molar-refractivity contribution >= 4 is 34.0 Å². The van der Waals surface area contributed by atoms with Gasteiger partial charge < -0.3 is 15.4 Å². The number of ether oxygens (including phenoxy) is 1. The van der Waals surface area contributed by atoms with E-state index < -0.39 is 6.10 Å². The number of benzene rings is 3. The van der Waals surface area contributed by atoms with E-state index in [0.717, 1.165) is 10.8 Å². The Kier molecular flexibility index (Phi) is 3.82. The summed E-state index contributed by atoms with van der Waals surface area (Å²) in [5.41, 5.74) is 1.32. The van der Waals surface area contributed by atoms with Gasteiger partial charge in [0.25, 0.3) is 5.91 Å². The number of carbonyl (C=O) groups is 2. The van der Waals surface area contributed by atoms with Gasteiger partial charge >= 0.3 is 0 Å². The molecule has 1 atom stereocenters. The minimum atomic E-state index is -0.838. The summed E-state index contributed by atoms with van der Waals surface area (Å²) in [5, 5.41) is 7.73. The predicted molar refractivity (Wildman–Crippen MR) is 96.7 cm³/mol. The number of anilines is 2. The molecule has 0 radical (unpaired) electrons. The number of fused-ring (bicyclic) bond motifs is 2. The molecule has 25 heavy (non-hydrogen) atoms. The van der Waals surface area contributed by atoms with Crippen LogP contribution in [0.2, 0.25) is 0 Å². The first kappa shape index (κ1) is 15.2. The highest BCUT2D eigenvalue weighted by molar-refractivity contribution is 6.02. The molecule has 3 aromatic rings. The molecule has 0 unspecified atom stereocenters. The fourth-order valence-corrected chi connectivity index (χ4v) is 2.87. The summed E-state index contributed by atoms with van der Waals surface area (Å²) in [6.45, 7) is 0. The lowest BCUT2D eigenvalue weighted by molar-refractivity contribution is -0.128. The van der Waals surface area contributed by atoms with E-state index in [4.69, 9.17) is 4.74 Å². The van der Waals surface area contributed by atoms with E-state index >= 15 is 0 Å². The lowest BCUT2D eigenvalue weighted by Crippen LogP contribution is -2.39. The highest BCUT2D eigenvalue weighted by Gasteiger charge is 2.29. The molecule has 2 amide bonds. The van der Waals surface area contributed by atoms with Crippen LogP contribution in [-0.2, 0) is 9.59 Å². The number of hydrogen-bond acceptors (Lipinski definition) is 3. The summed E-state index contributed by atoms with van der Waals surface area (Å²) in [5.74, 6) is -0.00669. The van der Waals surface area contributed by atoms with Crippen LogP contribution in [0.5, 0.6) is 5.75 Å². The Hall–Kier alpha value is -3.34. The van der Waals surface area contributed by atoms with Crippen LogP contribution in [0.15, 0.2) is 66.7 Å². The van der Waals surface area contributed by atoms with Crippen LogP contribution in [0, 0.1) is 0 Å². The lowest BCUT2D eigenvalue weighted by Gasteiger charge is -2.25. The van der Waals surface area contributed by atoms with E-state index in [1.165, 1.54) is 0 Å². The summed E-state index contributed by atoms with van der Waals surface area (Å²) >= 11 is 0. The van der Waals surface area contributed by atoms with Crippen LogP contribution in [-0.4, -0.2) is 17.9 Å². The van der Waals surface area contributed by atoms with Gasteiger partial charge in [-0.1, -0.05) is 42.5 Å². The topological polar surface area (TPSA) is 67.4 Å². The van der Waals surface area contributed by atoms with Crippen LogP contribution in [0.1, 0.15) is 6.42 Å². The Morgan fingerprint density at radius 3 is 2.64 bits per heavy atom. The van der Waals surface area contributed by atoms with Crippen LogP contribution >= 0.6 is 0 Å². The molecular formula is C20H16N2O3. The minimum absolute atomic E-state index is 0.0486. The molecule has 1 aliphatic rings. The van der Waals surface area contributed by atoms with Crippen molar-refractivity contribution in [3.8, 4) is 5.75 Å². The van der Waals surface area contributed by atoms with Crippen molar-refractivity contribution < 1.29 is 14.3 Å². The zero-order valence-electron chi connectivity index (χ0n) is 13.4. The van der Waals surface area contributed by atoms with Gasteiger partial charge in [0, 0.05) is 5.69 Å². The second-order valence-corrected chi connectivity index (χ2v) is 5.91. The van der Waals surface area contributed by atoms with Crippen LogP contribution in [0.3, 0.4) is 0 Å². The average molecular weight is 332 g/mol. The highest BCUT2D eigenvalue weighted by Crippen LogP contribution is 2.29. The van der Waals surface area contributed by atoms with Gasteiger partial charge in [-0.25, -0.2) is 0 Å². The monoisotopic (exact) mass is 332 g/mol. The predicted octanol–water partition coefficient (Wildman–Crippen LogP) is 3.57. The van der Waals surface area contributed by atoms with Crippen molar-refractivity contribution in [3.05, 3.63) is 66.7 Å². The van der Waals surface area contributed by atoms with Gasteiger partial charge in [-0.15, -0.1) is 0 Å². The number of hydrogen-bond donors (Lipinski definition) is 2. The fraction of sp³-hybridized carbons (Fsp3) is 0.100. The molecule has 3 aromatic carbocycles. The molecule has 5 heteroatoms. The van der Waals surface area contributed by atoms with E-state index in [1.807, 2.05) is 54.6 Å². The largest absolute Gasteiger partial charge is 0.478 e. The molecule has 0 saturated heterocycles. The maximum absolute atomic E-state index is 12.3. The summed E-state index contributed by atoms with van der Waals surface area (Å²) in [6.07, 6.45) is -0.886. The summed E-state index contributed by atoms with van der Waals surface area (Å²) in [7, 11) is 0. The molecule has 0 fully saturated rings. The van der Waals surface area contributed by atoms with Gasteiger partial charge in [-0.05, 0) is 35.0 Å². The molecule has 4 rings (SSSR count). The van der Waals surface area contributed by atoms with Gasteiger partial charge in [-0.3, -0.25) is 9.59 Å². The lowest BCUT2D eigenvalue weighted by atomic mass is 10.1. The average Bonchev–Trinajstić information content (AvgIpc) is 2.62. The maximum Gasteiger partial charge on any atom is 0.266 e. The molecule has 1 aliphatic heterocycles. The van der Waals surface area contributed by atoms with E-state index in [-0.39, 0.29) is 18.2 Å². The van der Waals surface area contributed by atoms with E-state index in [0.29, 0.717) is 17.1 Å². The summed E-state index contributed by atoms with van der Waals surface area (Å²) in [4.78, 5) is 24.4. The number of amides is 2. The highest BCUT2D eigenvalue weighted by atomic mass is 16.5. The second kappa shape index (κ2) is 6.28. The van der Waals surface area contributed by atoms with Crippen LogP contribution in [0.4, 0.5) is 11.4 Å². The minimum Gasteiger partial charge on any atom is -0.478 e. The van der Waals surface area contributed by atoms with E-state index in [1.54, 1.807) is 12.1 Å². The van der Waals surface area contributed by atoms with Gasteiger partial charge in [-0.2, -0.15) is 0 Å². The van der Waals surface area contributed by atoms with E-state index in [9.17, 15) is 9.59 Å². The maximum atomic E-state index is 12.3. The quantitative estimate of drug-likeness (QED) is 0.770. The molecule has 0 saturated carbocycles. The van der Waals surface area contributed by atoms with Crippen molar-refractivity contribution in [3.63, 3.8) is 0 Å². The Morgan fingerprint density at radius 2 is 1.76 bits per heavy atom. The molecule has 0 aliphatic carbocycles. The third kappa shape index (κ3) is 3.17. The first-order valence-corrected chi connectivity index (χ1v) is 8.04. The van der Waals surface area contributed by atoms with E-state index in [2.05, 4.69) is 10.6 Å². The Morgan fingerprint density at radius 1 is 1.00 bits per heavy atom. The normalized spacial score (nSPS) is 15.8. The van der Waals surface area contributed by atoms with Gasteiger partial charge in [0.15, 0.2) is 6.10 Å². The van der Waals surface area contributed by atoms with Crippen LogP contribution < -0.4 is 15.4 Å². The van der Waals surface area contributed by atoms with Gasteiger partial charge in [0.2, 0.25) is 5.91 Å². The van der Waals surface area contributed by atoms with Crippen molar-refractivity contribution in [2.75, 3.05) is 10.6 Å². The number of rotatable bonds is 3. The van der Waals surface area contributed by atoms with Crippen molar-refractivity contribution in [1.29, 1.82) is 0 Å². The van der Waals surface area contributed by atoms with Crippen molar-refractivity contribution in [2.24, 2.45) is 0 Å². The zero-order chi connectivity index (χ0) is 17.2. The molecule has 0 aromatic heterocycles. The molecule has 2 N–H and O–H groups in total. The fourth-order valence-electron chi connectivity index (χ4n) is 2.87. The smallest absolute Gasteiger partial charge is 0.266 e. The summed E-state index contributed by atoms with van der Waals surface area (Å²) < 4.78 is 5.65. The SMILES string of the molecule is O=C(C[C@@H]1Oc2ccccc2NC1=O)Nc1ccc2ccccc2c1. The van der Waals surface area contributed by atoms with Crippen molar-refractivity contribution in [2.45, 2.75) is 12.5 Å². The molecular weight excluding hydrogens is 316 g/mol.